The molecule has 0 aliphatic carbocycles. The first-order chi connectivity index (χ1) is 13.5. The monoisotopic (exact) mass is 386 g/mol. The van der Waals surface area contributed by atoms with E-state index < -0.39 is 0 Å². The van der Waals surface area contributed by atoms with Gasteiger partial charge in [-0.15, -0.1) is 0 Å². The predicted molar refractivity (Wildman–Crippen MR) is 114 cm³/mol. The first-order valence-electron chi connectivity index (χ1n) is 8.87. The molecule has 0 radical (unpaired) electrons. The molecular formula is C22H18N4OS. The van der Waals surface area contributed by atoms with Gasteiger partial charge >= 0.3 is 0 Å². The Morgan fingerprint density at radius 3 is 2.86 bits per heavy atom. The number of thioether (sulfide) groups is 1. The molecule has 5 nitrogen and oxygen atoms in total. The maximum absolute atomic E-state index is 12.4. The summed E-state index contributed by atoms with van der Waals surface area (Å²) in [6.45, 7) is 4.32. The van der Waals surface area contributed by atoms with Crippen LogP contribution in [0.5, 0.6) is 0 Å². The Balaban J connectivity index is 1.68. The van der Waals surface area contributed by atoms with E-state index in [2.05, 4.69) is 22.4 Å². The summed E-state index contributed by atoms with van der Waals surface area (Å²) >= 11 is 1.33. The van der Waals surface area contributed by atoms with Gasteiger partial charge < -0.3 is 9.88 Å². The zero-order chi connectivity index (χ0) is 19.7. The Morgan fingerprint density at radius 1 is 1.25 bits per heavy atom. The average molecular weight is 386 g/mol. The highest BCUT2D eigenvalue weighted by atomic mass is 32.2. The number of nitrogens with zero attached hydrogens (tertiary/aromatic N) is 3. The zero-order valence-corrected chi connectivity index (χ0v) is 16.4. The van der Waals surface area contributed by atoms with E-state index in [9.17, 15) is 4.79 Å². The van der Waals surface area contributed by atoms with Crippen molar-refractivity contribution in [3.63, 3.8) is 0 Å². The maximum atomic E-state index is 12.4. The molecule has 0 unspecified atom stereocenters. The van der Waals surface area contributed by atoms with Gasteiger partial charge in [-0.3, -0.25) is 4.79 Å². The molecule has 1 saturated heterocycles. The van der Waals surface area contributed by atoms with Gasteiger partial charge in [-0.1, -0.05) is 35.9 Å². The molecule has 1 aromatic heterocycles. The highest BCUT2D eigenvalue weighted by Gasteiger charge is 2.24. The lowest BCUT2D eigenvalue weighted by Gasteiger charge is -2.02. The van der Waals surface area contributed by atoms with Gasteiger partial charge in [-0.2, -0.15) is 5.26 Å². The zero-order valence-electron chi connectivity index (χ0n) is 15.6. The second-order valence-corrected chi connectivity index (χ2v) is 7.69. The Bertz CT molecular complexity index is 1200. The molecule has 0 bridgehead atoms. The van der Waals surface area contributed by atoms with Gasteiger partial charge in [0.25, 0.3) is 5.91 Å². The average Bonchev–Trinajstić information content (AvgIpc) is 3.19. The number of hydrogen-bond donors (Lipinski definition) is 1. The van der Waals surface area contributed by atoms with Crippen LogP contribution in [0.2, 0.25) is 0 Å². The number of amidine groups is 1. The van der Waals surface area contributed by atoms with Gasteiger partial charge in [-0.25, -0.2) is 4.99 Å². The summed E-state index contributed by atoms with van der Waals surface area (Å²) in [6, 6.07) is 16.1. The normalized spacial score (nSPS) is 16.7. The van der Waals surface area contributed by atoms with Crippen molar-refractivity contribution in [2.75, 3.05) is 0 Å². The van der Waals surface area contributed by atoms with Crippen LogP contribution in [0.3, 0.4) is 0 Å². The number of aromatic nitrogens is 1. The lowest BCUT2D eigenvalue weighted by Crippen LogP contribution is -2.19. The highest BCUT2D eigenvalue weighted by Crippen LogP contribution is 2.31. The fourth-order valence-electron chi connectivity index (χ4n) is 3.26. The van der Waals surface area contributed by atoms with Crippen LogP contribution in [0.25, 0.3) is 17.0 Å². The number of aryl methyl sites for hydroxylation is 2. The Labute approximate surface area is 167 Å². The third kappa shape index (κ3) is 3.45. The third-order valence-corrected chi connectivity index (χ3v) is 5.48. The molecule has 2 aromatic carbocycles. The van der Waals surface area contributed by atoms with Crippen molar-refractivity contribution in [2.24, 2.45) is 4.99 Å². The van der Waals surface area contributed by atoms with Gasteiger partial charge in [-0.05, 0) is 49.4 Å². The molecule has 0 spiro atoms. The van der Waals surface area contributed by atoms with Crippen molar-refractivity contribution in [3.05, 3.63) is 70.3 Å². The van der Waals surface area contributed by atoms with E-state index in [-0.39, 0.29) is 12.5 Å². The van der Waals surface area contributed by atoms with Gasteiger partial charge in [0.1, 0.15) is 6.54 Å². The molecule has 6 heteroatoms. The van der Waals surface area contributed by atoms with Crippen LogP contribution in [-0.4, -0.2) is 15.6 Å². The van der Waals surface area contributed by atoms with E-state index >= 15 is 0 Å². The summed E-state index contributed by atoms with van der Waals surface area (Å²) < 4.78 is 1.89. The Kier molecular flexibility index (Phi) is 4.76. The van der Waals surface area contributed by atoms with Crippen molar-refractivity contribution in [2.45, 2.75) is 20.4 Å². The Hall–Kier alpha value is -3.30. The number of nitriles is 1. The van der Waals surface area contributed by atoms with Crippen LogP contribution in [0.4, 0.5) is 5.69 Å². The summed E-state index contributed by atoms with van der Waals surface area (Å²) in [5, 5.41) is 13.5. The number of carbonyl (C=O) groups excluding carboxylic acids is 1. The highest BCUT2D eigenvalue weighted by molar-refractivity contribution is 8.18. The number of carbonyl (C=O) groups is 1. The minimum Gasteiger partial charge on any atom is -0.333 e. The van der Waals surface area contributed by atoms with Crippen LogP contribution in [-0.2, 0) is 11.3 Å². The molecule has 1 N–H and O–H groups in total. The van der Waals surface area contributed by atoms with E-state index in [0.717, 1.165) is 27.7 Å². The summed E-state index contributed by atoms with van der Waals surface area (Å²) in [7, 11) is 0. The van der Waals surface area contributed by atoms with Gasteiger partial charge in [0.2, 0.25) is 0 Å². The molecule has 2 heterocycles. The first kappa shape index (κ1) is 18.1. The van der Waals surface area contributed by atoms with E-state index in [1.165, 1.54) is 17.3 Å². The maximum Gasteiger partial charge on any atom is 0.264 e. The van der Waals surface area contributed by atoms with Crippen LogP contribution >= 0.6 is 11.8 Å². The third-order valence-electron chi connectivity index (χ3n) is 4.57. The minimum atomic E-state index is -0.161. The number of benzene rings is 2. The van der Waals surface area contributed by atoms with Gasteiger partial charge in [0.15, 0.2) is 5.17 Å². The van der Waals surface area contributed by atoms with E-state index in [1.54, 1.807) is 0 Å². The molecule has 0 saturated carbocycles. The van der Waals surface area contributed by atoms with Crippen LogP contribution in [0, 0.1) is 25.2 Å². The predicted octanol–water partition coefficient (Wildman–Crippen LogP) is 4.67. The van der Waals surface area contributed by atoms with Crippen LogP contribution < -0.4 is 5.32 Å². The second kappa shape index (κ2) is 7.37. The van der Waals surface area contributed by atoms with Crippen molar-refractivity contribution in [1.29, 1.82) is 5.26 Å². The molecule has 1 aliphatic heterocycles. The number of aliphatic imine (C=N–C) groups is 1. The fraction of sp³-hybridized carbons (Fsp3) is 0.136. The first-order valence-corrected chi connectivity index (χ1v) is 9.68. The van der Waals surface area contributed by atoms with E-state index in [1.807, 2.05) is 67.1 Å². The number of amides is 1. The summed E-state index contributed by atoms with van der Waals surface area (Å²) in [5.74, 6) is -0.161. The molecule has 0 atom stereocenters. The number of fused-ring (bicyclic) bond motifs is 1. The molecule has 1 fully saturated rings. The number of hydrogen-bond acceptors (Lipinski definition) is 4. The van der Waals surface area contributed by atoms with Gasteiger partial charge in [0, 0.05) is 22.7 Å². The Morgan fingerprint density at radius 2 is 2.07 bits per heavy atom. The lowest BCUT2D eigenvalue weighted by molar-refractivity contribution is -0.115. The van der Waals surface area contributed by atoms with Crippen molar-refractivity contribution >= 4 is 45.5 Å². The number of rotatable bonds is 3. The smallest absolute Gasteiger partial charge is 0.264 e. The molecule has 4 rings (SSSR count). The van der Waals surface area contributed by atoms with E-state index in [0.29, 0.717) is 10.1 Å². The summed E-state index contributed by atoms with van der Waals surface area (Å²) in [5.41, 5.74) is 4.98. The molecular weight excluding hydrogens is 368 g/mol. The fourth-order valence-corrected chi connectivity index (χ4v) is 4.08. The van der Waals surface area contributed by atoms with Crippen molar-refractivity contribution in [1.82, 2.24) is 9.88 Å². The number of nitrogens with one attached hydrogen (secondary N) is 1. The minimum absolute atomic E-state index is 0.161. The summed E-state index contributed by atoms with van der Waals surface area (Å²) in [6.07, 6.45) is 3.77. The van der Waals surface area contributed by atoms with Crippen molar-refractivity contribution < 1.29 is 4.79 Å². The lowest BCUT2D eigenvalue weighted by atomic mass is 10.1. The quantitative estimate of drug-likeness (QED) is 0.665. The summed E-state index contributed by atoms with van der Waals surface area (Å²) in [4.78, 5) is 17.6. The van der Waals surface area contributed by atoms with Crippen molar-refractivity contribution in [3.8, 4) is 6.07 Å². The molecule has 1 aliphatic rings. The molecule has 1 amide bonds. The van der Waals surface area contributed by atoms with Gasteiger partial charge in [0.05, 0.1) is 16.7 Å². The number of para-hydroxylation sites is 1. The standard InChI is InChI=1S/C22H18N4OS/c1-14-7-8-18(15(2)11-14)24-22-25-21(27)20(28-22)12-16-13-26(10-9-23)19-6-4-3-5-17(16)19/h3-8,11-13H,10H2,1-2H3,(H,24,25,27). The molecule has 3 aromatic rings. The largest absolute Gasteiger partial charge is 0.333 e. The van der Waals surface area contributed by atoms with Crippen LogP contribution in [0.1, 0.15) is 16.7 Å². The SMILES string of the molecule is Cc1ccc(N=C2NC(=O)C(=Cc3cn(CC#N)c4ccccc34)S2)c(C)c1. The molecule has 28 heavy (non-hydrogen) atoms. The molecule has 138 valence electrons. The topological polar surface area (TPSA) is 70.2 Å². The second-order valence-electron chi connectivity index (χ2n) is 6.66. The van der Waals surface area contributed by atoms with E-state index in [4.69, 9.17) is 5.26 Å². The van der Waals surface area contributed by atoms with Crippen LogP contribution in [0.15, 0.2) is 58.6 Å².